The van der Waals surface area contributed by atoms with Crippen molar-refractivity contribution in [3.63, 3.8) is 0 Å². The number of ether oxygens (including phenoxy) is 2. The van der Waals surface area contributed by atoms with E-state index in [-0.39, 0.29) is 24.6 Å². The van der Waals surface area contributed by atoms with Crippen molar-refractivity contribution in [1.82, 2.24) is 4.98 Å². The Labute approximate surface area is 140 Å². The topological polar surface area (TPSA) is 71.9 Å². The first-order valence-corrected chi connectivity index (χ1v) is 7.73. The van der Waals surface area contributed by atoms with Crippen LogP contribution in [0.4, 0.5) is 14.9 Å². The van der Waals surface area contributed by atoms with E-state index in [9.17, 15) is 14.3 Å². The summed E-state index contributed by atoms with van der Waals surface area (Å²) in [6.07, 6.45) is 1.31. The van der Waals surface area contributed by atoms with Gasteiger partial charge in [0.25, 0.3) is 0 Å². The van der Waals surface area contributed by atoms with E-state index < -0.39 is 5.43 Å². The standard InChI is InChI=1S/C12H17FN2O2.C3H5ClO2/c1-8-5-15(6-9(2)17-8)12-3-10(13)4-14-11(12)7-16;1-2-6-3(4)5/h3-4,8-9,16H,5-7H2,1-2H3;2H2,1H3/t8-,9+;. The Morgan fingerprint density at radius 3 is 2.57 bits per heavy atom. The maximum Gasteiger partial charge on any atom is 0.403 e. The van der Waals surface area contributed by atoms with Crippen molar-refractivity contribution in [2.75, 3.05) is 24.6 Å². The van der Waals surface area contributed by atoms with E-state index in [1.807, 2.05) is 18.7 Å². The number of hydrogen-bond acceptors (Lipinski definition) is 6. The van der Waals surface area contributed by atoms with Crippen molar-refractivity contribution in [3.05, 3.63) is 23.8 Å². The van der Waals surface area contributed by atoms with Gasteiger partial charge >= 0.3 is 5.43 Å². The molecule has 0 radical (unpaired) electrons. The second-order valence-electron chi connectivity index (χ2n) is 5.11. The Hall–Kier alpha value is -1.44. The van der Waals surface area contributed by atoms with Gasteiger partial charge in [-0.25, -0.2) is 9.18 Å². The third kappa shape index (κ3) is 6.68. The zero-order valence-electron chi connectivity index (χ0n) is 13.5. The van der Waals surface area contributed by atoms with Gasteiger partial charge in [-0.2, -0.15) is 0 Å². The third-order valence-corrected chi connectivity index (χ3v) is 3.19. The highest BCUT2D eigenvalue weighted by Crippen LogP contribution is 2.24. The number of morpholine rings is 1. The molecule has 23 heavy (non-hydrogen) atoms. The molecule has 1 saturated heterocycles. The largest absolute Gasteiger partial charge is 0.454 e. The number of halogens is 2. The predicted molar refractivity (Wildman–Crippen MR) is 85.2 cm³/mol. The summed E-state index contributed by atoms with van der Waals surface area (Å²) in [4.78, 5) is 15.5. The van der Waals surface area contributed by atoms with E-state index in [0.717, 1.165) is 6.20 Å². The number of pyridine rings is 1. The molecule has 130 valence electrons. The molecule has 0 amide bonds. The van der Waals surface area contributed by atoms with Crippen LogP contribution in [0.15, 0.2) is 12.3 Å². The quantitative estimate of drug-likeness (QED) is 0.847. The van der Waals surface area contributed by atoms with Crippen molar-refractivity contribution < 1.29 is 23.8 Å². The van der Waals surface area contributed by atoms with Gasteiger partial charge in [-0.15, -0.1) is 0 Å². The smallest absolute Gasteiger partial charge is 0.403 e. The Balaban J connectivity index is 0.000000379. The molecular formula is C15H22ClFN2O4. The first-order chi connectivity index (χ1) is 10.9. The van der Waals surface area contributed by atoms with Crippen LogP contribution >= 0.6 is 11.6 Å². The molecule has 0 spiro atoms. The minimum atomic E-state index is -0.738. The van der Waals surface area contributed by atoms with E-state index >= 15 is 0 Å². The minimum Gasteiger partial charge on any atom is -0.454 e. The molecule has 8 heteroatoms. The summed E-state index contributed by atoms with van der Waals surface area (Å²) in [6.45, 7) is 7.19. The lowest BCUT2D eigenvalue weighted by Gasteiger charge is -2.37. The molecule has 0 aliphatic carbocycles. The molecule has 1 aromatic heterocycles. The molecule has 0 aromatic carbocycles. The second-order valence-corrected chi connectivity index (χ2v) is 5.42. The van der Waals surface area contributed by atoms with E-state index in [1.165, 1.54) is 6.07 Å². The number of anilines is 1. The van der Waals surface area contributed by atoms with Gasteiger partial charge in [0.05, 0.1) is 43.0 Å². The number of rotatable bonds is 3. The van der Waals surface area contributed by atoms with Gasteiger partial charge in [0.2, 0.25) is 0 Å². The van der Waals surface area contributed by atoms with Crippen molar-refractivity contribution in [3.8, 4) is 0 Å². The Morgan fingerprint density at radius 1 is 1.52 bits per heavy atom. The maximum atomic E-state index is 13.2. The number of aliphatic hydroxyl groups excluding tert-OH is 1. The van der Waals surface area contributed by atoms with E-state index in [0.29, 0.717) is 31.1 Å². The average molecular weight is 349 g/mol. The van der Waals surface area contributed by atoms with Crippen LogP contribution in [-0.4, -0.2) is 47.4 Å². The fourth-order valence-corrected chi connectivity index (χ4v) is 2.45. The lowest BCUT2D eigenvalue weighted by atomic mass is 10.2. The SMILES string of the molecule is CCOC(=O)Cl.C[C@@H]1CN(c2cc(F)cnc2CO)C[C@H](C)O1. The van der Waals surface area contributed by atoms with Crippen LogP contribution in [0.3, 0.4) is 0 Å². The summed E-state index contributed by atoms with van der Waals surface area (Å²) in [5.74, 6) is -0.385. The maximum absolute atomic E-state index is 13.2. The van der Waals surface area contributed by atoms with Crippen LogP contribution in [-0.2, 0) is 16.1 Å². The average Bonchev–Trinajstić information content (AvgIpc) is 2.46. The fraction of sp³-hybridized carbons (Fsp3) is 0.600. The van der Waals surface area contributed by atoms with Gasteiger partial charge in [-0.1, -0.05) is 0 Å². The second kappa shape index (κ2) is 9.64. The molecule has 0 saturated carbocycles. The lowest BCUT2D eigenvalue weighted by Crippen LogP contribution is -2.46. The lowest BCUT2D eigenvalue weighted by molar-refractivity contribution is -0.00536. The van der Waals surface area contributed by atoms with Crippen LogP contribution < -0.4 is 4.90 Å². The number of nitrogens with zero attached hydrogens (tertiary/aromatic N) is 2. The summed E-state index contributed by atoms with van der Waals surface area (Å²) >= 11 is 4.72. The molecule has 1 N–H and O–H groups in total. The summed E-state index contributed by atoms with van der Waals surface area (Å²) < 4.78 is 23.0. The first kappa shape index (κ1) is 19.6. The van der Waals surface area contributed by atoms with Gasteiger partial charge in [0.1, 0.15) is 5.82 Å². The number of hydrogen-bond donors (Lipinski definition) is 1. The highest BCUT2D eigenvalue weighted by molar-refractivity contribution is 6.61. The summed E-state index contributed by atoms with van der Waals surface area (Å²) in [5, 5.41) is 9.23. The number of aromatic nitrogens is 1. The van der Waals surface area contributed by atoms with E-state index in [1.54, 1.807) is 6.92 Å². The van der Waals surface area contributed by atoms with E-state index in [2.05, 4.69) is 9.72 Å². The van der Waals surface area contributed by atoms with Gasteiger partial charge in [0, 0.05) is 30.8 Å². The zero-order valence-corrected chi connectivity index (χ0v) is 14.2. The summed E-state index contributed by atoms with van der Waals surface area (Å²) in [7, 11) is 0. The monoisotopic (exact) mass is 348 g/mol. The minimum absolute atomic E-state index is 0.0913. The van der Waals surface area contributed by atoms with Crippen LogP contribution in [0.2, 0.25) is 0 Å². The van der Waals surface area contributed by atoms with Crippen molar-refractivity contribution >= 4 is 22.7 Å². The van der Waals surface area contributed by atoms with Gasteiger partial charge < -0.3 is 19.5 Å². The molecule has 2 heterocycles. The van der Waals surface area contributed by atoms with E-state index in [4.69, 9.17) is 16.3 Å². The molecule has 2 atom stereocenters. The Bertz CT molecular complexity index is 508. The molecular weight excluding hydrogens is 327 g/mol. The number of aliphatic hydroxyl groups is 1. The van der Waals surface area contributed by atoms with Crippen molar-refractivity contribution in [2.24, 2.45) is 0 Å². The van der Waals surface area contributed by atoms with Gasteiger partial charge in [-0.05, 0) is 20.8 Å². The van der Waals surface area contributed by atoms with Gasteiger partial charge in [-0.3, -0.25) is 4.98 Å². The summed E-state index contributed by atoms with van der Waals surface area (Å²) in [6, 6.07) is 1.42. The zero-order chi connectivity index (χ0) is 17.4. The number of carbonyl (C=O) groups excluding carboxylic acids is 1. The summed E-state index contributed by atoms with van der Waals surface area (Å²) in [5.41, 5.74) is 0.430. The number of carbonyl (C=O) groups is 1. The molecule has 1 aromatic rings. The van der Waals surface area contributed by atoms with Crippen LogP contribution in [0.25, 0.3) is 0 Å². The molecule has 6 nitrogen and oxygen atoms in total. The van der Waals surface area contributed by atoms with Crippen molar-refractivity contribution in [1.29, 1.82) is 0 Å². The molecule has 1 aliphatic heterocycles. The fourth-order valence-electron chi connectivity index (χ4n) is 2.34. The van der Waals surface area contributed by atoms with Crippen molar-refractivity contribution in [2.45, 2.75) is 39.6 Å². The van der Waals surface area contributed by atoms with Crippen LogP contribution in [0, 0.1) is 5.82 Å². The third-order valence-electron chi connectivity index (χ3n) is 3.08. The Kier molecular flexibility index (Phi) is 8.22. The molecule has 0 bridgehead atoms. The molecule has 1 aliphatic rings. The first-order valence-electron chi connectivity index (χ1n) is 7.35. The van der Waals surface area contributed by atoms with Crippen LogP contribution in [0.1, 0.15) is 26.5 Å². The molecule has 1 fully saturated rings. The van der Waals surface area contributed by atoms with Gasteiger partial charge in [0.15, 0.2) is 0 Å². The highest BCUT2D eigenvalue weighted by atomic mass is 35.5. The highest BCUT2D eigenvalue weighted by Gasteiger charge is 2.24. The van der Waals surface area contributed by atoms with Crippen LogP contribution in [0.5, 0.6) is 0 Å². The predicted octanol–water partition coefficient (Wildman–Crippen LogP) is 2.71. The molecule has 0 unspecified atom stereocenters. The Morgan fingerprint density at radius 2 is 2.13 bits per heavy atom. The molecule has 2 rings (SSSR count). The normalized spacial score (nSPS) is 20.5.